The van der Waals surface area contributed by atoms with Gasteiger partial charge in [-0.05, 0) is 36.6 Å². The predicted molar refractivity (Wildman–Crippen MR) is 63.6 cm³/mol. The largest absolute Gasteiger partial charge is 0.426 e. The van der Waals surface area contributed by atoms with E-state index in [0.717, 1.165) is 23.3 Å². The van der Waals surface area contributed by atoms with Gasteiger partial charge in [-0.1, -0.05) is 13.8 Å². The zero-order valence-electron chi connectivity index (χ0n) is 9.12. The average Bonchev–Trinajstić information content (AvgIpc) is 2.21. The first-order chi connectivity index (χ1) is 7.17. The predicted octanol–water partition coefficient (Wildman–Crippen LogP) is 3.24. The van der Waals surface area contributed by atoms with Gasteiger partial charge in [0.1, 0.15) is 5.75 Å². The summed E-state index contributed by atoms with van der Waals surface area (Å²) in [6.07, 6.45) is 2.11. The maximum atomic E-state index is 11.3. The Morgan fingerprint density at radius 2 is 2.13 bits per heavy atom. The number of esters is 1. The minimum absolute atomic E-state index is 0.167. The van der Waals surface area contributed by atoms with Crippen molar-refractivity contribution in [1.29, 1.82) is 0 Å². The van der Waals surface area contributed by atoms with Crippen LogP contribution in [0.15, 0.2) is 23.1 Å². The standard InChI is InChI=1S/C12H16O2S/c1-3-5-12(13)14-11-7-6-10(15)8-9(11)4-2/h6-8,15H,3-5H2,1-2H3. The number of benzene rings is 1. The van der Waals surface area contributed by atoms with Gasteiger partial charge in [-0.15, -0.1) is 12.6 Å². The highest BCUT2D eigenvalue weighted by Gasteiger charge is 2.07. The highest BCUT2D eigenvalue weighted by atomic mass is 32.1. The smallest absolute Gasteiger partial charge is 0.311 e. The van der Waals surface area contributed by atoms with Crippen molar-refractivity contribution in [3.8, 4) is 5.75 Å². The van der Waals surface area contributed by atoms with E-state index in [1.165, 1.54) is 0 Å². The van der Waals surface area contributed by atoms with Crippen LogP contribution >= 0.6 is 12.6 Å². The monoisotopic (exact) mass is 224 g/mol. The minimum Gasteiger partial charge on any atom is -0.426 e. The molecule has 0 fully saturated rings. The van der Waals surface area contributed by atoms with Crippen LogP contribution < -0.4 is 4.74 Å². The van der Waals surface area contributed by atoms with Gasteiger partial charge in [0.2, 0.25) is 0 Å². The second kappa shape index (κ2) is 5.81. The molecule has 0 saturated carbocycles. The molecule has 0 saturated heterocycles. The maximum Gasteiger partial charge on any atom is 0.311 e. The van der Waals surface area contributed by atoms with Crippen molar-refractivity contribution in [2.75, 3.05) is 0 Å². The SMILES string of the molecule is CCCC(=O)Oc1ccc(S)cc1CC. The van der Waals surface area contributed by atoms with Crippen molar-refractivity contribution in [3.63, 3.8) is 0 Å². The topological polar surface area (TPSA) is 26.3 Å². The zero-order valence-corrected chi connectivity index (χ0v) is 10.0. The second-order valence-electron chi connectivity index (χ2n) is 3.37. The van der Waals surface area contributed by atoms with Crippen LogP contribution in [0.1, 0.15) is 32.3 Å². The van der Waals surface area contributed by atoms with E-state index in [0.29, 0.717) is 12.2 Å². The molecule has 1 aromatic rings. The van der Waals surface area contributed by atoms with E-state index in [1.54, 1.807) is 6.07 Å². The fourth-order valence-corrected chi connectivity index (χ4v) is 1.55. The lowest BCUT2D eigenvalue weighted by Gasteiger charge is -2.08. The summed E-state index contributed by atoms with van der Waals surface area (Å²) in [6, 6.07) is 5.56. The fraction of sp³-hybridized carbons (Fsp3) is 0.417. The summed E-state index contributed by atoms with van der Waals surface area (Å²) in [5.41, 5.74) is 1.02. The van der Waals surface area contributed by atoms with E-state index < -0.39 is 0 Å². The summed E-state index contributed by atoms with van der Waals surface area (Å²) < 4.78 is 5.26. The number of aryl methyl sites for hydroxylation is 1. The normalized spacial score (nSPS) is 10.1. The summed E-state index contributed by atoms with van der Waals surface area (Å²) in [7, 11) is 0. The van der Waals surface area contributed by atoms with Crippen molar-refractivity contribution in [3.05, 3.63) is 23.8 Å². The molecule has 1 aromatic carbocycles. The van der Waals surface area contributed by atoms with Gasteiger partial charge in [-0.2, -0.15) is 0 Å². The van der Waals surface area contributed by atoms with Gasteiger partial charge >= 0.3 is 5.97 Å². The van der Waals surface area contributed by atoms with Gasteiger partial charge < -0.3 is 4.74 Å². The van der Waals surface area contributed by atoms with Gasteiger partial charge in [0.05, 0.1) is 0 Å². The fourth-order valence-electron chi connectivity index (χ4n) is 1.32. The summed E-state index contributed by atoms with van der Waals surface area (Å²) in [5.74, 6) is 0.493. The quantitative estimate of drug-likeness (QED) is 0.483. The summed E-state index contributed by atoms with van der Waals surface area (Å²) in [4.78, 5) is 12.2. The molecular formula is C12H16O2S. The zero-order chi connectivity index (χ0) is 11.3. The van der Waals surface area contributed by atoms with Gasteiger partial charge in [0, 0.05) is 11.3 Å². The molecule has 3 heteroatoms. The van der Waals surface area contributed by atoms with E-state index in [1.807, 2.05) is 26.0 Å². The van der Waals surface area contributed by atoms with Crippen molar-refractivity contribution >= 4 is 18.6 Å². The molecule has 0 spiro atoms. The number of hydrogen-bond donors (Lipinski definition) is 1. The van der Waals surface area contributed by atoms with Crippen LogP contribution in [0.2, 0.25) is 0 Å². The Bertz CT molecular complexity index is 347. The van der Waals surface area contributed by atoms with Gasteiger partial charge in [-0.25, -0.2) is 0 Å². The molecule has 0 atom stereocenters. The molecule has 0 radical (unpaired) electrons. The van der Waals surface area contributed by atoms with Gasteiger partial charge in [-0.3, -0.25) is 4.79 Å². The Morgan fingerprint density at radius 1 is 1.40 bits per heavy atom. The molecule has 0 N–H and O–H groups in total. The van der Waals surface area contributed by atoms with Crippen molar-refractivity contribution in [2.24, 2.45) is 0 Å². The average molecular weight is 224 g/mol. The molecular weight excluding hydrogens is 208 g/mol. The second-order valence-corrected chi connectivity index (χ2v) is 3.89. The Hall–Kier alpha value is -0.960. The van der Waals surface area contributed by atoms with Crippen molar-refractivity contribution < 1.29 is 9.53 Å². The molecule has 1 rings (SSSR count). The molecule has 0 unspecified atom stereocenters. The van der Waals surface area contributed by atoms with Crippen LogP contribution in [0.4, 0.5) is 0 Å². The van der Waals surface area contributed by atoms with Crippen molar-refractivity contribution in [1.82, 2.24) is 0 Å². The lowest BCUT2D eigenvalue weighted by molar-refractivity contribution is -0.134. The first-order valence-electron chi connectivity index (χ1n) is 5.20. The van der Waals surface area contributed by atoms with E-state index in [9.17, 15) is 4.79 Å². The van der Waals surface area contributed by atoms with Crippen LogP contribution in [-0.2, 0) is 11.2 Å². The molecule has 2 nitrogen and oxygen atoms in total. The number of carbonyl (C=O) groups is 1. The van der Waals surface area contributed by atoms with Crippen molar-refractivity contribution in [2.45, 2.75) is 38.0 Å². The van der Waals surface area contributed by atoms with Crippen LogP contribution in [0, 0.1) is 0 Å². The summed E-state index contributed by atoms with van der Waals surface area (Å²) in [5, 5.41) is 0. The molecule has 15 heavy (non-hydrogen) atoms. The third-order valence-corrected chi connectivity index (χ3v) is 2.38. The first-order valence-corrected chi connectivity index (χ1v) is 5.64. The molecule has 0 bridgehead atoms. The Labute approximate surface area is 96.1 Å². The molecule has 0 aliphatic rings. The maximum absolute atomic E-state index is 11.3. The number of hydrogen-bond acceptors (Lipinski definition) is 3. The van der Waals surface area contributed by atoms with Crippen LogP contribution in [-0.4, -0.2) is 5.97 Å². The Kier molecular flexibility index (Phi) is 4.69. The van der Waals surface area contributed by atoms with Gasteiger partial charge in [0.15, 0.2) is 0 Å². The van der Waals surface area contributed by atoms with Crippen LogP contribution in [0.25, 0.3) is 0 Å². The third kappa shape index (κ3) is 3.59. The number of carbonyl (C=O) groups excluding carboxylic acids is 1. The molecule has 0 aliphatic heterocycles. The number of ether oxygens (including phenoxy) is 1. The Morgan fingerprint density at radius 3 is 2.73 bits per heavy atom. The molecule has 0 amide bonds. The first kappa shape index (κ1) is 12.1. The third-order valence-electron chi connectivity index (χ3n) is 2.10. The number of rotatable bonds is 4. The minimum atomic E-state index is -0.167. The van der Waals surface area contributed by atoms with E-state index in [-0.39, 0.29) is 5.97 Å². The highest BCUT2D eigenvalue weighted by Crippen LogP contribution is 2.22. The van der Waals surface area contributed by atoms with E-state index in [2.05, 4.69) is 12.6 Å². The summed E-state index contributed by atoms with van der Waals surface area (Å²) in [6.45, 7) is 3.98. The molecule has 0 heterocycles. The number of thiol groups is 1. The van der Waals surface area contributed by atoms with Crippen LogP contribution in [0.3, 0.4) is 0 Å². The Balaban J connectivity index is 2.80. The molecule has 0 aliphatic carbocycles. The molecule has 82 valence electrons. The summed E-state index contributed by atoms with van der Waals surface area (Å²) >= 11 is 4.25. The van der Waals surface area contributed by atoms with E-state index >= 15 is 0 Å². The van der Waals surface area contributed by atoms with Gasteiger partial charge in [0.25, 0.3) is 0 Å². The lowest BCUT2D eigenvalue weighted by Crippen LogP contribution is -2.08. The highest BCUT2D eigenvalue weighted by molar-refractivity contribution is 7.80. The van der Waals surface area contributed by atoms with Crippen LogP contribution in [0.5, 0.6) is 5.75 Å². The lowest BCUT2D eigenvalue weighted by atomic mass is 10.1. The molecule has 0 aromatic heterocycles. The van der Waals surface area contributed by atoms with E-state index in [4.69, 9.17) is 4.74 Å².